The van der Waals surface area contributed by atoms with E-state index in [-0.39, 0.29) is 17.5 Å². The Balaban J connectivity index is 2.36. The normalized spacial score (nSPS) is 21.4. The number of aromatic nitrogens is 1. The summed E-state index contributed by atoms with van der Waals surface area (Å²) in [5, 5.41) is 0. The molecule has 1 unspecified atom stereocenters. The lowest BCUT2D eigenvalue weighted by Crippen LogP contribution is -2.31. The Kier molecular flexibility index (Phi) is 4.37. The fourth-order valence-corrected chi connectivity index (χ4v) is 2.84. The summed E-state index contributed by atoms with van der Waals surface area (Å²) in [6.45, 7) is 5.30. The third kappa shape index (κ3) is 3.32. The van der Waals surface area contributed by atoms with Gasteiger partial charge in [-0.2, -0.15) is 13.2 Å². The summed E-state index contributed by atoms with van der Waals surface area (Å²) in [6.07, 6.45) is -0.740. The van der Waals surface area contributed by atoms with E-state index >= 15 is 0 Å². The largest absolute Gasteiger partial charge is 0.418 e. The maximum Gasteiger partial charge on any atom is 0.418 e. The van der Waals surface area contributed by atoms with E-state index < -0.39 is 11.7 Å². The zero-order valence-electron chi connectivity index (χ0n) is 12.2. The molecule has 0 saturated carbocycles. The van der Waals surface area contributed by atoms with Crippen molar-refractivity contribution in [3.05, 3.63) is 29.1 Å². The van der Waals surface area contributed by atoms with Crippen LogP contribution in [0.5, 0.6) is 0 Å². The molecule has 20 heavy (non-hydrogen) atoms. The summed E-state index contributed by atoms with van der Waals surface area (Å²) in [7, 11) is 2.01. The number of nitrogens with zero attached hydrogens (tertiary/aromatic N) is 2. The summed E-state index contributed by atoms with van der Waals surface area (Å²) < 4.78 is 39.5. The van der Waals surface area contributed by atoms with E-state index in [1.165, 1.54) is 6.07 Å². The second-order valence-electron chi connectivity index (χ2n) is 5.96. The van der Waals surface area contributed by atoms with E-state index in [1.54, 1.807) is 20.0 Å². The molecule has 112 valence electrons. The van der Waals surface area contributed by atoms with Gasteiger partial charge in [0.2, 0.25) is 0 Å². The fraction of sp³-hybridized carbons (Fsp3) is 0.667. The quantitative estimate of drug-likeness (QED) is 0.816. The molecule has 2 heterocycles. The summed E-state index contributed by atoms with van der Waals surface area (Å²) >= 11 is 0. The average molecular weight is 286 g/mol. The molecule has 1 aromatic rings. The summed E-state index contributed by atoms with van der Waals surface area (Å²) in [4.78, 5) is 6.27. The van der Waals surface area contributed by atoms with Crippen LogP contribution in [0, 0.1) is 0 Å². The first-order valence-corrected chi connectivity index (χ1v) is 7.04. The maximum atomic E-state index is 13.2. The van der Waals surface area contributed by atoms with E-state index in [9.17, 15) is 13.2 Å². The molecule has 2 nitrogen and oxygen atoms in total. The number of piperidine rings is 1. The van der Waals surface area contributed by atoms with Crippen molar-refractivity contribution >= 4 is 0 Å². The number of pyridine rings is 1. The molecule has 1 fully saturated rings. The predicted octanol–water partition coefficient (Wildman–Crippen LogP) is 4.03. The summed E-state index contributed by atoms with van der Waals surface area (Å²) in [6, 6.07) is 1.31. The lowest BCUT2D eigenvalue weighted by molar-refractivity contribution is -0.138. The molecule has 2 rings (SSSR count). The van der Waals surface area contributed by atoms with Crippen LogP contribution in [0.4, 0.5) is 13.2 Å². The fourth-order valence-electron chi connectivity index (χ4n) is 2.84. The van der Waals surface area contributed by atoms with Gasteiger partial charge >= 0.3 is 6.18 Å². The van der Waals surface area contributed by atoms with Gasteiger partial charge in [0, 0.05) is 12.7 Å². The molecule has 0 spiro atoms. The van der Waals surface area contributed by atoms with Gasteiger partial charge in [0.25, 0.3) is 0 Å². The Morgan fingerprint density at radius 3 is 2.60 bits per heavy atom. The van der Waals surface area contributed by atoms with Gasteiger partial charge < -0.3 is 4.90 Å². The van der Waals surface area contributed by atoms with Crippen LogP contribution in [0.25, 0.3) is 0 Å². The topological polar surface area (TPSA) is 16.1 Å². The molecule has 0 aliphatic carbocycles. The molecule has 0 aromatic carbocycles. The highest BCUT2D eigenvalue weighted by atomic mass is 19.4. The molecule has 1 aliphatic heterocycles. The lowest BCUT2D eigenvalue weighted by atomic mass is 9.90. The zero-order chi connectivity index (χ0) is 14.9. The van der Waals surface area contributed by atoms with Gasteiger partial charge in [0.15, 0.2) is 0 Å². The van der Waals surface area contributed by atoms with Crippen molar-refractivity contribution in [1.82, 2.24) is 9.88 Å². The van der Waals surface area contributed by atoms with Gasteiger partial charge in [-0.15, -0.1) is 0 Å². The minimum absolute atomic E-state index is 0.144. The Morgan fingerprint density at radius 2 is 2.05 bits per heavy atom. The third-order valence-corrected chi connectivity index (χ3v) is 3.89. The van der Waals surface area contributed by atoms with Gasteiger partial charge in [-0.05, 0) is 49.9 Å². The second-order valence-corrected chi connectivity index (χ2v) is 5.96. The molecule has 1 aromatic heterocycles. The smallest absolute Gasteiger partial charge is 0.306 e. The van der Waals surface area contributed by atoms with E-state index in [2.05, 4.69) is 9.88 Å². The highest BCUT2D eigenvalue weighted by molar-refractivity contribution is 5.32. The molecule has 0 N–H and O–H groups in total. The van der Waals surface area contributed by atoms with Gasteiger partial charge in [-0.1, -0.05) is 13.8 Å². The van der Waals surface area contributed by atoms with Crippen molar-refractivity contribution in [2.45, 2.75) is 44.7 Å². The lowest BCUT2D eigenvalue weighted by Gasteiger charge is -2.30. The molecule has 0 bridgehead atoms. The number of alkyl halides is 3. The van der Waals surface area contributed by atoms with Crippen molar-refractivity contribution in [3.8, 4) is 0 Å². The number of likely N-dealkylation sites (tertiary alicyclic amines) is 1. The molecular weight excluding hydrogens is 265 g/mol. The molecule has 1 atom stereocenters. The van der Waals surface area contributed by atoms with E-state index in [1.807, 2.05) is 7.05 Å². The van der Waals surface area contributed by atoms with Crippen molar-refractivity contribution in [3.63, 3.8) is 0 Å². The van der Waals surface area contributed by atoms with Crippen LogP contribution in [-0.4, -0.2) is 30.0 Å². The van der Waals surface area contributed by atoms with Crippen LogP contribution in [0.15, 0.2) is 12.3 Å². The van der Waals surface area contributed by atoms with E-state index in [4.69, 9.17) is 0 Å². The molecule has 1 saturated heterocycles. The van der Waals surface area contributed by atoms with Crippen LogP contribution in [-0.2, 0) is 6.18 Å². The highest BCUT2D eigenvalue weighted by Gasteiger charge is 2.35. The summed E-state index contributed by atoms with van der Waals surface area (Å²) in [5.41, 5.74) is 0.289. The maximum absolute atomic E-state index is 13.2. The van der Waals surface area contributed by atoms with Gasteiger partial charge in [0.1, 0.15) is 0 Å². The van der Waals surface area contributed by atoms with Gasteiger partial charge in [-0.3, -0.25) is 4.98 Å². The first kappa shape index (κ1) is 15.3. The van der Waals surface area contributed by atoms with Crippen molar-refractivity contribution in [1.29, 1.82) is 0 Å². The van der Waals surface area contributed by atoms with Crippen LogP contribution >= 0.6 is 0 Å². The second kappa shape index (κ2) is 5.72. The van der Waals surface area contributed by atoms with E-state index in [0.29, 0.717) is 5.56 Å². The molecule has 0 radical (unpaired) electrons. The Morgan fingerprint density at radius 1 is 1.35 bits per heavy atom. The van der Waals surface area contributed by atoms with Crippen LogP contribution in [0.3, 0.4) is 0 Å². The van der Waals surface area contributed by atoms with Gasteiger partial charge in [-0.25, -0.2) is 0 Å². The zero-order valence-corrected chi connectivity index (χ0v) is 12.2. The Labute approximate surface area is 118 Å². The number of likely N-dealkylation sites (N-methyl/N-ethyl adjacent to an activating group) is 1. The molecule has 1 aliphatic rings. The first-order valence-electron chi connectivity index (χ1n) is 7.04. The number of hydrogen-bond acceptors (Lipinski definition) is 2. The summed E-state index contributed by atoms with van der Waals surface area (Å²) in [5.74, 6) is -0.0710. The number of hydrogen-bond donors (Lipinski definition) is 0. The highest BCUT2D eigenvalue weighted by Crippen LogP contribution is 2.37. The van der Waals surface area contributed by atoms with Gasteiger partial charge in [0.05, 0.1) is 11.3 Å². The average Bonchev–Trinajstić information content (AvgIpc) is 2.37. The molecular formula is C15H21F3N2. The number of halogens is 3. The van der Waals surface area contributed by atoms with Crippen LogP contribution < -0.4 is 0 Å². The minimum atomic E-state index is -4.33. The van der Waals surface area contributed by atoms with Crippen molar-refractivity contribution < 1.29 is 13.2 Å². The Bertz CT molecular complexity index is 469. The molecule has 5 heteroatoms. The standard InChI is InChI=1S/C15H21F3N2/c1-10(2)14-13(15(16,17)18)7-12(8-19-14)11-5-4-6-20(3)9-11/h7-8,10-11H,4-6,9H2,1-3H3. The predicted molar refractivity (Wildman–Crippen MR) is 72.8 cm³/mol. The minimum Gasteiger partial charge on any atom is -0.306 e. The molecule has 0 amide bonds. The number of rotatable bonds is 2. The Hall–Kier alpha value is -1.10. The first-order chi connectivity index (χ1) is 9.29. The van der Waals surface area contributed by atoms with Crippen molar-refractivity contribution in [2.24, 2.45) is 0 Å². The monoisotopic (exact) mass is 286 g/mol. The third-order valence-electron chi connectivity index (χ3n) is 3.89. The SMILES string of the molecule is CC(C)c1ncc(C2CCCN(C)C2)cc1C(F)(F)F. The van der Waals surface area contributed by atoms with Crippen LogP contribution in [0.1, 0.15) is 55.3 Å². The van der Waals surface area contributed by atoms with Crippen LogP contribution in [0.2, 0.25) is 0 Å². The van der Waals surface area contributed by atoms with Crippen molar-refractivity contribution in [2.75, 3.05) is 20.1 Å². The van der Waals surface area contributed by atoms with E-state index in [0.717, 1.165) is 25.9 Å².